The van der Waals surface area contributed by atoms with E-state index in [1.807, 2.05) is 6.92 Å². The molecule has 0 spiro atoms. The highest BCUT2D eigenvalue weighted by molar-refractivity contribution is 7.99. The summed E-state index contributed by atoms with van der Waals surface area (Å²) in [7, 11) is 2.90. The lowest BCUT2D eigenvalue weighted by Crippen LogP contribution is -2.52. The predicted molar refractivity (Wildman–Crippen MR) is 96.8 cm³/mol. The average molecular weight is 371 g/mol. The first-order valence-electron chi connectivity index (χ1n) is 7.78. The minimum absolute atomic E-state index is 0.181. The molecule has 0 saturated carbocycles. The Labute approximate surface area is 151 Å². The smallest absolute Gasteiger partial charge is 0.273 e. The van der Waals surface area contributed by atoms with Crippen molar-refractivity contribution in [2.24, 2.45) is 5.73 Å². The summed E-state index contributed by atoms with van der Waals surface area (Å²) in [4.78, 5) is 24.1. The maximum absolute atomic E-state index is 12.2. The maximum atomic E-state index is 12.2. The number of hydrazine groups is 1. The van der Waals surface area contributed by atoms with E-state index >= 15 is 0 Å². The van der Waals surface area contributed by atoms with Crippen LogP contribution in [0.4, 0.5) is 0 Å². The molecule has 0 aromatic heterocycles. The van der Waals surface area contributed by atoms with Crippen LogP contribution >= 0.6 is 11.8 Å². The fraction of sp³-hybridized carbons (Fsp3) is 0.500. The Bertz CT molecular complexity index is 585. The van der Waals surface area contributed by atoms with E-state index in [1.165, 1.54) is 20.3 Å². The third-order valence-electron chi connectivity index (χ3n) is 3.42. The van der Waals surface area contributed by atoms with Crippen LogP contribution in [0.5, 0.6) is 11.5 Å². The average Bonchev–Trinajstić information content (AvgIpc) is 2.64. The molecule has 5 N–H and O–H groups in total. The molecule has 0 fully saturated rings. The van der Waals surface area contributed by atoms with Gasteiger partial charge in [-0.15, -0.1) is 0 Å². The lowest BCUT2D eigenvalue weighted by molar-refractivity contribution is -0.131. The van der Waals surface area contributed by atoms with E-state index in [0.29, 0.717) is 17.9 Å². The van der Waals surface area contributed by atoms with E-state index in [9.17, 15) is 14.7 Å². The van der Waals surface area contributed by atoms with Crippen molar-refractivity contribution in [3.63, 3.8) is 0 Å². The van der Waals surface area contributed by atoms with Gasteiger partial charge in [0.05, 0.1) is 19.8 Å². The van der Waals surface area contributed by atoms with Crippen molar-refractivity contribution in [1.29, 1.82) is 0 Å². The van der Waals surface area contributed by atoms with Gasteiger partial charge in [0.2, 0.25) is 0 Å². The lowest BCUT2D eigenvalue weighted by atomic mass is 10.1. The zero-order valence-corrected chi connectivity index (χ0v) is 15.4. The van der Waals surface area contributed by atoms with Gasteiger partial charge in [-0.1, -0.05) is 6.92 Å². The van der Waals surface area contributed by atoms with Crippen LogP contribution in [0.2, 0.25) is 0 Å². The zero-order chi connectivity index (χ0) is 18.8. The maximum Gasteiger partial charge on any atom is 0.273 e. The van der Waals surface area contributed by atoms with Crippen LogP contribution in [0, 0.1) is 0 Å². The fourth-order valence-electron chi connectivity index (χ4n) is 1.97. The Kier molecular flexibility index (Phi) is 9.11. The van der Waals surface area contributed by atoms with Gasteiger partial charge in [-0.05, 0) is 36.1 Å². The number of rotatable bonds is 9. The molecule has 2 amide bonds. The second-order valence-corrected chi connectivity index (χ2v) is 6.50. The zero-order valence-electron chi connectivity index (χ0n) is 14.6. The molecule has 8 nitrogen and oxygen atoms in total. The van der Waals surface area contributed by atoms with Crippen molar-refractivity contribution in [3.05, 3.63) is 23.8 Å². The van der Waals surface area contributed by atoms with Gasteiger partial charge >= 0.3 is 0 Å². The van der Waals surface area contributed by atoms with Crippen LogP contribution in [0.3, 0.4) is 0 Å². The second kappa shape index (κ2) is 10.8. The molecule has 25 heavy (non-hydrogen) atoms. The SMILES string of the molecule is CCSCC[C@@H](N)C(O)C(=O)NNC(=O)c1cc(OC)ccc1OC. The van der Waals surface area contributed by atoms with E-state index in [-0.39, 0.29) is 5.56 Å². The van der Waals surface area contributed by atoms with E-state index in [4.69, 9.17) is 15.2 Å². The predicted octanol–water partition coefficient (Wildman–Crippen LogP) is 0.296. The molecule has 0 radical (unpaired) electrons. The molecule has 9 heteroatoms. The van der Waals surface area contributed by atoms with Crippen molar-refractivity contribution in [2.75, 3.05) is 25.7 Å². The third kappa shape index (κ3) is 6.45. The number of hydrogen-bond donors (Lipinski definition) is 4. The van der Waals surface area contributed by atoms with Crippen molar-refractivity contribution in [2.45, 2.75) is 25.5 Å². The molecular formula is C16H25N3O5S. The molecule has 0 aliphatic heterocycles. The summed E-state index contributed by atoms with van der Waals surface area (Å²) in [6.07, 6.45) is -0.921. The standard InChI is InChI=1S/C16H25N3O5S/c1-4-25-8-7-12(17)14(20)16(22)19-18-15(21)11-9-10(23-2)5-6-13(11)24-3/h5-6,9,12,14,20H,4,7-8,17H2,1-3H3,(H,18,21)(H,19,22)/t12-,14?/m1/s1. The number of aliphatic hydroxyl groups excluding tert-OH is 1. The van der Waals surface area contributed by atoms with Gasteiger partial charge in [0.15, 0.2) is 0 Å². The van der Waals surface area contributed by atoms with Gasteiger partial charge in [-0.25, -0.2) is 0 Å². The lowest BCUT2D eigenvalue weighted by Gasteiger charge is -2.18. The molecule has 1 rings (SSSR count). The second-order valence-electron chi connectivity index (χ2n) is 5.10. The highest BCUT2D eigenvalue weighted by atomic mass is 32.2. The number of thioether (sulfide) groups is 1. The highest BCUT2D eigenvalue weighted by Crippen LogP contribution is 2.23. The minimum Gasteiger partial charge on any atom is -0.497 e. The summed E-state index contributed by atoms with van der Waals surface area (Å²) in [5.74, 6) is 1.09. The number of aliphatic hydroxyl groups is 1. The Morgan fingerprint density at radius 3 is 2.60 bits per heavy atom. The van der Waals surface area contributed by atoms with E-state index in [0.717, 1.165) is 11.5 Å². The number of nitrogens with two attached hydrogens (primary N) is 1. The number of methoxy groups -OCH3 is 2. The van der Waals surface area contributed by atoms with Crippen LogP contribution in [-0.4, -0.2) is 54.8 Å². The largest absolute Gasteiger partial charge is 0.497 e. The molecule has 0 aliphatic rings. The van der Waals surface area contributed by atoms with Crippen LogP contribution in [0.25, 0.3) is 0 Å². The molecule has 0 heterocycles. The Hall–Kier alpha value is -1.97. The van der Waals surface area contributed by atoms with Gasteiger partial charge in [0.1, 0.15) is 17.6 Å². The Morgan fingerprint density at radius 1 is 1.28 bits per heavy atom. The third-order valence-corrected chi connectivity index (χ3v) is 4.36. The number of nitrogens with one attached hydrogen (secondary N) is 2. The van der Waals surface area contributed by atoms with E-state index in [2.05, 4.69) is 10.9 Å². The summed E-state index contributed by atoms with van der Waals surface area (Å²) in [5.41, 5.74) is 10.4. The van der Waals surface area contributed by atoms with E-state index in [1.54, 1.807) is 23.9 Å². The van der Waals surface area contributed by atoms with Gasteiger partial charge < -0.3 is 20.3 Å². The number of carbonyl (C=O) groups is 2. The van der Waals surface area contributed by atoms with Gasteiger partial charge in [-0.2, -0.15) is 11.8 Å². The van der Waals surface area contributed by atoms with Crippen LogP contribution < -0.4 is 26.1 Å². The van der Waals surface area contributed by atoms with Crippen molar-refractivity contribution in [1.82, 2.24) is 10.9 Å². The summed E-state index contributed by atoms with van der Waals surface area (Å²) in [6, 6.07) is 3.99. The molecule has 1 aromatic carbocycles. The van der Waals surface area contributed by atoms with Crippen LogP contribution in [0.15, 0.2) is 18.2 Å². The number of benzene rings is 1. The number of carbonyl (C=O) groups excluding carboxylic acids is 2. The van der Waals surface area contributed by atoms with Crippen LogP contribution in [0.1, 0.15) is 23.7 Å². The summed E-state index contributed by atoms with van der Waals surface area (Å²) < 4.78 is 10.2. The van der Waals surface area contributed by atoms with E-state index < -0.39 is 24.0 Å². The van der Waals surface area contributed by atoms with Crippen molar-refractivity contribution in [3.8, 4) is 11.5 Å². The first kappa shape index (κ1) is 21.1. The minimum atomic E-state index is -1.41. The summed E-state index contributed by atoms with van der Waals surface area (Å²) >= 11 is 1.67. The Balaban J connectivity index is 2.62. The Morgan fingerprint density at radius 2 is 2.00 bits per heavy atom. The molecule has 1 unspecified atom stereocenters. The normalized spacial score (nSPS) is 12.8. The number of ether oxygens (including phenoxy) is 2. The van der Waals surface area contributed by atoms with Gasteiger partial charge in [0.25, 0.3) is 11.8 Å². The molecule has 0 bridgehead atoms. The summed E-state index contributed by atoms with van der Waals surface area (Å²) in [6.45, 7) is 2.02. The van der Waals surface area contributed by atoms with Crippen molar-refractivity contribution < 1.29 is 24.2 Å². The fourth-order valence-corrected chi connectivity index (χ4v) is 2.69. The highest BCUT2D eigenvalue weighted by Gasteiger charge is 2.23. The van der Waals surface area contributed by atoms with Gasteiger partial charge in [0, 0.05) is 6.04 Å². The molecular weight excluding hydrogens is 346 g/mol. The molecule has 0 saturated heterocycles. The number of amides is 2. The molecule has 0 aliphatic carbocycles. The van der Waals surface area contributed by atoms with Gasteiger partial charge in [-0.3, -0.25) is 20.4 Å². The summed E-state index contributed by atoms with van der Waals surface area (Å²) in [5, 5.41) is 9.91. The molecule has 140 valence electrons. The number of hydrogen-bond acceptors (Lipinski definition) is 7. The van der Waals surface area contributed by atoms with Crippen molar-refractivity contribution >= 4 is 23.6 Å². The first-order valence-corrected chi connectivity index (χ1v) is 8.93. The monoisotopic (exact) mass is 371 g/mol. The van der Waals surface area contributed by atoms with Crippen LogP contribution in [-0.2, 0) is 4.79 Å². The molecule has 1 aromatic rings. The topological polar surface area (TPSA) is 123 Å². The first-order chi connectivity index (χ1) is 11.9. The molecule has 2 atom stereocenters. The quantitative estimate of drug-likeness (QED) is 0.363.